The Morgan fingerprint density at radius 2 is 1.80 bits per heavy atom. The van der Waals surface area contributed by atoms with Gasteiger partial charge in [0.05, 0.1) is 0 Å². The fourth-order valence-electron chi connectivity index (χ4n) is 5.85. The van der Waals surface area contributed by atoms with Crippen molar-refractivity contribution in [3.63, 3.8) is 0 Å². The topological polar surface area (TPSA) is 0 Å². The maximum Gasteiger partial charge on any atom is -0.0159 e. The summed E-state index contributed by atoms with van der Waals surface area (Å²) in [5.41, 5.74) is 6.37. The zero-order valence-electron chi connectivity index (χ0n) is 14.2. The molecule has 0 aliphatic heterocycles. The molecule has 0 amide bonds. The van der Waals surface area contributed by atoms with Gasteiger partial charge in [-0.15, -0.1) is 0 Å². The van der Waals surface area contributed by atoms with Gasteiger partial charge in [0.25, 0.3) is 0 Å². The van der Waals surface area contributed by atoms with Gasteiger partial charge in [-0.2, -0.15) is 0 Å². The van der Waals surface area contributed by atoms with E-state index in [2.05, 4.69) is 40.7 Å². The molecule has 0 aromatic heterocycles. The summed E-state index contributed by atoms with van der Waals surface area (Å²) in [6, 6.07) is 0. The summed E-state index contributed by atoms with van der Waals surface area (Å²) in [6.07, 6.45) is 12.1. The molecular formula is C20H32. The van der Waals surface area contributed by atoms with Gasteiger partial charge >= 0.3 is 0 Å². The van der Waals surface area contributed by atoms with Crippen molar-refractivity contribution in [3.05, 3.63) is 22.8 Å². The standard InChI is InChI=1S/C20H32/c1-14-7-6-8-15(2)17-13-20(5)12-11-19(3,4)18(20)16(17)10-9-14/h7,16,18H,6,8-13H2,1-5H3/b14-7+,17-15-/t16-,18-,20-/m1/s1. The smallest absolute Gasteiger partial charge is 0.0159 e. The fourth-order valence-corrected chi connectivity index (χ4v) is 5.85. The van der Waals surface area contributed by atoms with Crippen LogP contribution in [0.4, 0.5) is 0 Å². The second-order valence-corrected chi connectivity index (χ2v) is 8.84. The second-order valence-electron chi connectivity index (χ2n) is 8.84. The Morgan fingerprint density at radius 1 is 1.05 bits per heavy atom. The minimum absolute atomic E-state index is 0.549. The molecule has 0 aromatic rings. The quantitative estimate of drug-likeness (QED) is 0.455. The van der Waals surface area contributed by atoms with E-state index < -0.39 is 0 Å². The first-order chi connectivity index (χ1) is 9.33. The molecule has 0 heteroatoms. The molecule has 3 aliphatic rings. The maximum atomic E-state index is 2.59. The van der Waals surface area contributed by atoms with Crippen LogP contribution < -0.4 is 0 Å². The van der Waals surface area contributed by atoms with Gasteiger partial charge in [0.1, 0.15) is 0 Å². The Bertz CT molecular complexity index is 462. The minimum atomic E-state index is 0.549. The van der Waals surface area contributed by atoms with Gasteiger partial charge in [0.15, 0.2) is 0 Å². The third-order valence-corrected chi connectivity index (χ3v) is 6.79. The molecule has 3 atom stereocenters. The first kappa shape index (κ1) is 14.4. The SMILES string of the molecule is C/C1=C2\C[C@@]3(C)CCC(C)(C)[C@H]3[C@@H]2CC/C(C)=C/CC1. The molecule has 0 heterocycles. The van der Waals surface area contributed by atoms with Crippen LogP contribution in [0.3, 0.4) is 0 Å². The summed E-state index contributed by atoms with van der Waals surface area (Å²) in [4.78, 5) is 0. The van der Waals surface area contributed by atoms with E-state index in [1.807, 2.05) is 5.57 Å². The van der Waals surface area contributed by atoms with Crippen LogP contribution in [-0.2, 0) is 0 Å². The molecule has 0 radical (unpaired) electrons. The molecule has 0 unspecified atom stereocenters. The van der Waals surface area contributed by atoms with Gasteiger partial charge in [0.2, 0.25) is 0 Å². The monoisotopic (exact) mass is 272 g/mol. The van der Waals surface area contributed by atoms with Crippen molar-refractivity contribution in [2.24, 2.45) is 22.7 Å². The Kier molecular flexibility index (Phi) is 3.42. The molecule has 0 spiro atoms. The molecule has 0 nitrogen and oxygen atoms in total. The first-order valence-corrected chi connectivity index (χ1v) is 8.68. The summed E-state index contributed by atoms with van der Waals surface area (Å²) in [7, 11) is 0. The molecule has 2 fully saturated rings. The average Bonchev–Trinajstić information content (AvgIpc) is 2.80. The Morgan fingerprint density at radius 3 is 2.55 bits per heavy atom. The largest absolute Gasteiger partial charge is 0.0853 e. The molecular weight excluding hydrogens is 240 g/mol. The number of rotatable bonds is 0. The lowest BCUT2D eigenvalue weighted by molar-refractivity contribution is 0.131. The van der Waals surface area contributed by atoms with Crippen molar-refractivity contribution in [1.29, 1.82) is 0 Å². The number of hydrogen-bond donors (Lipinski definition) is 0. The number of fused-ring (bicyclic) bond motifs is 3. The highest BCUT2D eigenvalue weighted by atomic mass is 14.6. The molecule has 3 rings (SSSR count). The van der Waals surface area contributed by atoms with Gasteiger partial charge < -0.3 is 0 Å². The van der Waals surface area contributed by atoms with Gasteiger partial charge in [-0.3, -0.25) is 0 Å². The van der Waals surface area contributed by atoms with Crippen LogP contribution in [0.1, 0.15) is 79.6 Å². The van der Waals surface area contributed by atoms with E-state index in [-0.39, 0.29) is 0 Å². The lowest BCUT2D eigenvalue weighted by Gasteiger charge is -2.36. The third kappa shape index (κ3) is 2.20. The van der Waals surface area contributed by atoms with Crippen molar-refractivity contribution in [2.75, 3.05) is 0 Å². The molecule has 0 saturated heterocycles. The Labute approximate surface area is 125 Å². The van der Waals surface area contributed by atoms with Gasteiger partial charge in [0, 0.05) is 0 Å². The number of hydrogen-bond acceptors (Lipinski definition) is 0. The number of allylic oxidation sites excluding steroid dienone is 4. The predicted octanol–water partition coefficient (Wildman–Crippen LogP) is 6.29. The molecule has 3 aliphatic carbocycles. The summed E-state index contributed by atoms with van der Waals surface area (Å²) in [5.74, 6) is 1.80. The minimum Gasteiger partial charge on any atom is -0.0853 e. The molecule has 0 aromatic carbocycles. The maximum absolute atomic E-state index is 2.59. The Hall–Kier alpha value is -0.520. The van der Waals surface area contributed by atoms with Crippen LogP contribution in [-0.4, -0.2) is 0 Å². The lowest BCUT2D eigenvalue weighted by Crippen LogP contribution is -2.30. The second kappa shape index (κ2) is 4.75. The van der Waals surface area contributed by atoms with Crippen LogP contribution in [0.5, 0.6) is 0 Å². The third-order valence-electron chi connectivity index (χ3n) is 6.79. The van der Waals surface area contributed by atoms with Crippen LogP contribution in [0.25, 0.3) is 0 Å². The van der Waals surface area contributed by atoms with Gasteiger partial charge in [-0.25, -0.2) is 0 Å². The van der Waals surface area contributed by atoms with E-state index in [1.54, 1.807) is 11.1 Å². The molecule has 0 bridgehead atoms. The van der Waals surface area contributed by atoms with Crippen molar-refractivity contribution in [1.82, 2.24) is 0 Å². The highest BCUT2D eigenvalue weighted by molar-refractivity contribution is 5.29. The van der Waals surface area contributed by atoms with E-state index in [0.717, 1.165) is 11.8 Å². The zero-order chi connectivity index (χ0) is 14.5. The van der Waals surface area contributed by atoms with Crippen LogP contribution >= 0.6 is 0 Å². The van der Waals surface area contributed by atoms with E-state index >= 15 is 0 Å². The zero-order valence-corrected chi connectivity index (χ0v) is 14.2. The highest BCUT2D eigenvalue weighted by Gasteiger charge is 2.57. The average molecular weight is 272 g/mol. The molecule has 2 saturated carbocycles. The summed E-state index contributed by atoms with van der Waals surface area (Å²) in [6.45, 7) is 12.4. The summed E-state index contributed by atoms with van der Waals surface area (Å²) < 4.78 is 0. The summed E-state index contributed by atoms with van der Waals surface area (Å²) >= 11 is 0. The van der Waals surface area contributed by atoms with Crippen molar-refractivity contribution in [3.8, 4) is 0 Å². The van der Waals surface area contributed by atoms with E-state index in [0.29, 0.717) is 10.8 Å². The normalized spacial score (nSPS) is 46.8. The predicted molar refractivity (Wildman–Crippen MR) is 87.6 cm³/mol. The van der Waals surface area contributed by atoms with Crippen LogP contribution in [0.15, 0.2) is 22.8 Å². The van der Waals surface area contributed by atoms with E-state index in [9.17, 15) is 0 Å². The first-order valence-electron chi connectivity index (χ1n) is 8.68. The molecule has 0 N–H and O–H groups in total. The van der Waals surface area contributed by atoms with Crippen molar-refractivity contribution in [2.45, 2.75) is 79.6 Å². The summed E-state index contributed by atoms with van der Waals surface area (Å²) in [5, 5.41) is 0. The Balaban J connectivity index is 2.00. The lowest BCUT2D eigenvalue weighted by atomic mass is 9.68. The van der Waals surface area contributed by atoms with Crippen molar-refractivity contribution >= 4 is 0 Å². The van der Waals surface area contributed by atoms with E-state index in [4.69, 9.17) is 0 Å². The van der Waals surface area contributed by atoms with Gasteiger partial charge in [-0.1, -0.05) is 43.6 Å². The molecule has 20 heavy (non-hydrogen) atoms. The molecule has 112 valence electrons. The van der Waals surface area contributed by atoms with Crippen LogP contribution in [0, 0.1) is 22.7 Å². The highest BCUT2D eigenvalue weighted by Crippen LogP contribution is 2.67. The van der Waals surface area contributed by atoms with Crippen LogP contribution in [0.2, 0.25) is 0 Å². The fraction of sp³-hybridized carbons (Fsp3) is 0.800. The van der Waals surface area contributed by atoms with Gasteiger partial charge in [-0.05, 0) is 81.5 Å². The van der Waals surface area contributed by atoms with Crippen molar-refractivity contribution < 1.29 is 0 Å². The van der Waals surface area contributed by atoms with E-state index in [1.165, 1.54) is 44.9 Å².